The Kier molecular flexibility index (Phi) is 15.5. The minimum atomic E-state index is -5.59. The van der Waals surface area contributed by atoms with Gasteiger partial charge in [-0.3, -0.25) is 32.5 Å². The Morgan fingerprint density at radius 3 is 2.57 bits per heavy atom. The number of aliphatic hydroxyl groups excluding tert-OH is 2. The zero-order valence-electron chi connectivity index (χ0n) is 36.2. The van der Waals surface area contributed by atoms with Crippen LogP contribution in [0.25, 0.3) is 22.1 Å². The molecule has 1 aliphatic carbocycles. The van der Waals surface area contributed by atoms with Crippen molar-refractivity contribution in [2.45, 2.75) is 75.7 Å². The molecule has 26 nitrogen and oxygen atoms in total. The van der Waals surface area contributed by atoms with Crippen LogP contribution in [0.4, 0.5) is 5.82 Å². The van der Waals surface area contributed by atoms with Crippen molar-refractivity contribution in [1.82, 2.24) is 40.0 Å². The normalized spacial score (nSPS) is 25.6. The number of fused-ring (bicyclic) bond motifs is 3. The van der Waals surface area contributed by atoms with E-state index in [-0.39, 0.29) is 53.4 Å². The summed E-state index contributed by atoms with van der Waals surface area (Å²) in [5.74, 6) is -1.03. The fourth-order valence-corrected chi connectivity index (χ4v) is 12.2. The fraction of sp³-hybridized carbons (Fsp3) is 0.568. The lowest BCUT2D eigenvalue weighted by atomic mass is 9.73. The van der Waals surface area contributed by atoms with Crippen LogP contribution in [0.2, 0.25) is 0 Å². The van der Waals surface area contributed by atoms with Crippen LogP contribution in [-0.2, 0) is 57.1 Å². The van der Waals surface area contributed by atoms with Gasteiger partial charge in [-0.15, -0.1) is 0 Å². The standard InChI is InChI=1S/C37H52N9O17P3S/c1-37(2,16-60-66(57,58)63-65(55,56)59-15-25-30(62-64(52,53)54)29(48)35(61-25)46-18-44-28-32(38)42-17-43-33(28)46)31(49)34(50)40-8-7-26(47)39-9-10-67-36(51)20-11-22-21-5-4-6-23-27(21)19(13-41-23)12-24(22)45(3)14-20/h4-6,13,17-18,20,22,24-25,29-31,35,41,48-49H,7-12,14-16H2,1-3H3,(H,39,47)(H,40,50)(H,55,56)(H,57,58)(H2,38,42,43)(H2,52,53,54). The number of aromatic nitrogens is 5. The van der Waals surface area contributed by atoms with Gasteiger partial charge in [0.2, 0.25) is 11.8 Å². The fourth-order valence-electron chi connectivity index (χ4n) is 8.51. The van der Waals surface area contributed by atoms with E-state index in [1.807, 2.05) is 6.07 Å². The second-order valence-electron chi connectivity index (χ2n) is 17.1. The third-order valence-corrected chi connectivity index (χ3v) is 15.9. The number of nitrogens with two attached hydrogens (primary N) is 1. The van der Waals surface area contributed by atoms with Gasteiger partial charge in [-0.2, -0.15) is 4.31 Å². The second kappa shape index (κ2) is 20.3. The van der Waals surface area contributed by atoms with E-state index in [0.29, 0.717) is 18.3 Å². The number of nitrogen functional groups attached to an aromatic ring is 1. The number of phosphoric ester groups is 3. The van der Waals surface area contributed by atoms with Crippen molar-refractivity contribution >= 4 is 80.0 Å². The van der Waals surface area contributed by atoms with Crippen LogP contribution in [0.15, 0.2) is 37.1 Å². The number of rotatable bonds is 20. The first-order valence-electron chi connectivity index (χ1n) is 20.8. The molecule has 30 heteroatoms. The van der Waals surface area contributed by atoms with Crippen LogP contribution in [-0.4, -0.2) is 152 Å². The van der Waals surface area contributed by atoms with Gasteiger partial charge < -0.3 is 60.8 Å². The van der Waals surface area contributed by atoms with Crippen molar-refractivity contribution in [2.24, 2.45) is 11.3 Å². The number of benzene rings is 1. The number of hydrogen-bond donors (Lipinski definition) is 10. The Labute approximate surface area is 386 Å². The Balaban J connectivity index is 0.813. The van der Waals surface area contributed by atoms with Gasteiger partial charge >= 0.3 is 23.5 Å². The van der Waals surface area contributed by atoms with Crippen molar-refractivity contribution in [1.29, 1.82) is 0 Å². The highest BCUT2D eigenvalue weighted by Crippen LogP contribution is 2.61. The van der Waals surface area contributed by atoms with Gasteiger partial charge in [0, 0.05) is 72.2 Å². The number of piperidine rings is 1. The number of nitrogens with one attached hydrogen (secondary N) is 3. The number of carbonyl (C=O) groups is 3. The number of thioether (sulfide) groups is 1. The molecule has 3 aliphatic rings. The van der Waals surface area contributed by atoms with E-state index in [0.717, 1.165) is 35.6 Å². The Morgan fingerprint density at radius 1 is 1.07 bits per heavy atom. The number of amides is 2. The third-order valence-electron chi connectivity index (χ3n) is 11.8. The molecule has 5 heterocycles. The van der Waals surface area contributed by atoms with Gasteiger partial charge in [-0.1, -0.05) is 37.7 Å². The molecular weight excluding hydrogens is 967 g/mol. The summed E-state index contributed by atoms with van der Waals surface area (Å²) >= 11 is 1.17. The Bertz CT molecular complexity index is 2630. The van der Waals surface area contributed by atoms with Crippen LogP contribution in [0.5, 0.6) is 0 Å². The van der Waals surface area contributed by atoms with Crippen molar-refractivity contribution in [3.05, 3.63) is 48.2 Å². The molecule has 4 aromatic rings. The number of hydrogen-bond acceptors (Lipinski definition) is 19. The van der Waals surface area contributed by atoms with Gasteiger partial charge in [0.05, 0.1) is 19.5 Å². The minimum absolute atomic E-state index is 0.0304. The number of aromatic amines is 1. The summed E-state index contributed by atoms with van der Waals surface area (Å²) in [5, 5.41) is 28.1. The maximum atomic E-state index is 13.3. The summed E-state index contributed by atoms with van der Waals surface area (Å²) in [6.07, 6.45) is -3.20. The molecule has 0 bridgehead atoms. The maximum absolute atomic E-state index is 13.3. The Hall–Kier alpha value is -3.72. The summed E-state index contributed by atoms with van der Waals surface area (Å²) in [6.45, 7) is 1.15. The number of likely N-dealkylation sites (tertiary alicyclic amines) is 1. The highest BCUT2D eigenvalue weighted by molar-refractivity contribution is 8.13. The quantitative estimate of drug-likeness (QED) is 0.0432. The minimum Gasteiger partial charge on any atom is -0.386 e. The van der Waals surface area contributed by atoms with E-state index in [1.165, 1.54) is 42.1 Å². The molecule has 2 fully saturated rings. The molecule has 0 radical (unpaired) electrons. The number of H-pyrrole nitrogens is 1. The molecule has 10 atom stereocenters. The van der Waals surface area contributed by atoms with Crippen molar-refractivity contribution in [3.63, 3.8) is 0 Å². The van der Waals surface area contributed by atoms with Crippen LogP contribution in [0.3, 0.4) is 0 Å². The van der Waals surface area contributed by atoms with Crippen LogP contribution >= 0.6 is 35.2 Å². The van der Waals surface area contributed by atoms with Crippen LogP contribution in [0.1, 0.15) is 50.0 Å². The van der Waals surface area contributed by atoms with Gasteiger partial charge in [0.1, 0.15) is 36.3 Å². The average Bonchev–Trinajstić information content (AvgIpc) is 3.96. The van der Waals surface area contributed by atoms with Gasteiger partial charge in [0.15, 0.2) is 22.8 Å². The number of nitrogens with zero attached hydrogens (tertiary/aromatic N) is 5. The molecule has 0 spiro atoms. The summed E-state index contributed by atoms with van der Waals surface area (Å²) in [7, 11) is -14.4. The van der Waals surface area contributed by atoms with E-state index in [1.54, 1.807) is 0 Å². The number of anilines is 1. The number of aliphatic hydroxyl groups is 2. The van der Waals surface area contributed by atoms with E-state index < -0.39 is 84.6 Å². The highest BCUT2D eigenvalue weighted by Gasteiger charge is 2.50. The molecule has 2 aliphatic heterocycles. The molecule has 67 heavy (non-hydrogen) atoms. The average molecular weight is 1020 g/mol. The van der Waals surface area contributed by atoms with E-state index >= 15 is 0 Å². The monoisotopic (exact) mass is 1020 g/mol. The maximum Gasteiger partial charge on any atom is 0.481 e. The molecule has 1 aromatic carbocycles. The molecule has 7 rings (SSSR count). The lowest BCUT2D eigenvalue weighted by molar-refractivity contribution is -0.137. The number of likely N-dealkylation sites (N-methyl/N-ethyl adjacent to an activating group) is 1. The van der Waals surface area contributed by atoms with Crippen molar-refractivity contribution in [3.8, 4) is 0 Å². The molecular formula is C37H52N9O17P3S. The molecule has 2 saturated heterocycles. The largest absolute Gasteiger partial charge is 0.481 e. The zero-order chi connectivity index (χ0) is 48.6. The van der Waals surface area contributed by atoms with Gasteiger partial charge in [0.25, 0.3) is 0 Å². The predicted octanol–water partition coefficient (Wildman–Crippen LogP) is 0.806. The number of phosphoric acid groups is 3. The van der Waals surface area contributed by atoms with E-state index in [9.17, 15) is 57.9 Å². The SMILES string of the molecule is CN1CC(C(=O)SCCNC(=O)CCNC(=O)C(O)C(C)(C)COP(=O)(O)OP(=O)(O)OCC2OC(n3cnc4c(N)ncnc43)C(O)C2OP(=O)(O)O)CC2c3cccc4[nH]cc(c34)CC21. The lowest BCUT2D eigenvalue weighted by Crippen LogP contribution is -2.49. The number of carbonyl (C=O) groups excluding carboxylic acids is 3. The van der Waals surface area contributed by atoms with Crippen LogP contribution in [0, 0.1) is 11.3 Å². The second-order valence-corrected chi connectivity index (χ2v) is 22.4. The Morgan fingerprint density at radius 2 is 1.82 bits per heavy atom. The van der Waals surface area contributed by atoms with Crippen LogP contribution < -0.4 is 16.4 Å². The molecule has 11 N–H and O–H groups in total. The van der Waals surface area contributed by atoms with Gasteiger partial charge in [-0.25, -0.2) is 28.6 Å². The number of imidazole rings is 1. The van der Waals surface area contributed by atoms with Gasteiger partial charge in [-0.05, 0) is 37.1 Å². The predicted molar refractivity (Wildman–Crippen MR) is 236 cm³/mol. The third kappa shape index (κ3) is 12.0. The van der Waals surface area contributed by atoms with Crippen molar-refractivity contribution in [2.75, 3.05) is 51.4 Å². The number of ether oxygens (including phenoxy) is 1. The molecule has 10 unspecified atom stereocenters. The smallest absolute Gasteiger partial charge is 0.386 e. The summed E-state index contributed by atoms with van der Waals surface area (Å²) in [6, 6.07) is 6.56. The highest BCUT2D eigenvalue weighted by atomic mass is 32.2. The molecule has 3 aromatic heterocycles. The summed E-state index contributed by atoms with van der Waals surface area (Å²) in [5.41, 5.74) is 7.93. The molecule has 0 saturated carbocycles. The first-order valence-corrected chi connectivity index (χ1v) is 26.3. The van der Waals surface area contributed by atoms with Crippen molar-refractivity contribution < 1.29 is 80.5 Å². The topological polar surface area (TPSA) is 383 Å². The molecule has 2 amide bonds. The van der Waals surface area contributed by atoms with E-state index in [2.05, 4.69) is 69.7 Å². The summed E-state index contributed by atoms with van der Waals surface area (Å²) < 4.78 is 62.6. The first kappa shape index (κ1) is 51.1. The van der Waals surface area contributed by atoms with E-state index in [4.69, 9.17) is 19.5 Å². The zero-order valence-corrected chi connectivity index (χ0v) is 39.7. The lowest BCUT2D eigenvalue weighted by Gasteiger charge is -2.45. The first-order chi connectivity index (χ1) is 31.4. The molecule has 368 valence electrons. The summed E-state index contributed by atoms with van der Waals surface area (Å²) in [4.78, 5) is 95.5.